The smallest absolute Gasteiger partial charge is 0.271 e. The molecule has 5 nitrogen and oxygen atoms in total. The average molecular weight is 446 g/mol. The molecule has 6 heteroatoms. The number of benzene rings is 2. The lowest BCUT2D eigenvalue weighted by molar-refractivity contribution is 0.0955. The molecule has 1 N–H and O–H groups in total. The third kappa shape index (κ3) is 3.79. The maximum absolute atomic E-state index is 12.4. The van der Waals surface area contributed by atoms with Gasteiger partial charge in [-0.05, 0) is 66.3 Å². The molecule has 1 aromatic heterocycles. The maximum Gasteiger partial charge on any atom is 0.271 e. The fourth-order valence-corrected chi connectivity index (χ4v) is 2.82. The highest BCUT2D eigenvalue weighted by molar-refractivity contribution is 14.1. The van der Waals surface area contributed by atoms with E-state index in [1.54, 1.807) is 24.3 Å². The summed E-state index contributed by atoms with van der Waals surface area (Å²) >= 11 is 2.17. The van der Waals surface area contributed by atoms with E-state index in [0.29, 0.717) is 16.5 Å². The number of amides is 1. The molecule has 3 rings (SSSR count). The number of carbonyl (C=O) groups is 1. The van der Waals surface area contributed by atoms with Crippen LogP contribution in [0.15, 0.2) is 57.0 Å². The second-order valence-corrected chi connectivity index (χ2v) is 6.85. The molecule has 0 atom stereocenters. The van der Waals surface area contributed by atoms with Gasteiger partial charge in [-0.1, -0.05) is 17.7 Å². The summed E-state index contributed by atoms with van der Waals surface area (Å²) in [6.07, 6.45) is 2.63. The van der Waals surface area contributed by atoms with Gasteiger partial charge in [-0.15, -0.1) is 0 Å². The van der Waals surface area contributed by atoms with Crippen molar-refractivity contribution in [1.29, 1.82) is 0 Å². The number of nitrogens with one attached hydrogen (secondary N) is 1. The van der Waals surface area contributed by atoms with Crippen molar-refractivity contribution in [3.8, 4) is 0 Å². The topological polar surface area (TPSA) is 71.7 Å². The number of nitrogens with zero attached hydrogens (tertiary/aromatic N) is 1. The number of fused-ring (bicyclic) bond motifs is 1. The third-order valence-electron chi connectivity index (χ3n) is 3.76. The fourth-order valence-electron chi connectivity index (χ4n) is 2.31. The van der Waals surface area contributed by atoms with Crippen LogP contribution < -0.4 is 10.9 Å². The van der Waals surface area contributed by atoms with Gasteiger partial charge in [0, 0.05) is 9.13 Å². The van der Waals surface area contributed by atoms with Crippen LogP contribution in [0.2, 0.25) is 0 Å². The van der Waals surface area contributed by atoms with Crippen molar-refractivity contribution in [2.24, 2.45) is 5.10 Å². The molecule has 0 spiro atoms. The Kier molecular flexibility index (Phi) is 4.98. The van der Waals surface area contributed by atoms with E-state index in [9.17, 15) is 9.59 Å². The fraction of sp³-hybridized carbons (Fsp3) is 0.105. The van der Waals surface area contributed by atoms with E-state index in [2.05, 4.69) is 33.1 Å². The number of aryl methyl sites for hydroxylation is 2. The van der Waals surface area contributed by atoms with Gasteiger partial charge < -0.3 is 4.42 Å². The summed E-state index contributed by atoms with van der Waals surface area (Å²) in [6.45, 7) is 3.88. The minimum Gasteiger partial charge on any atom is -0.463 e. The molecule has 0 unspecified atom stereocenters. The monoisotopic (exact) mass is 446 g/mol. The SMILES string of the molecule is Cc1ccc2occ(/C=N/NC(=O)c3ccc(C)c(I)c3)c(=O)c2c1. The molecule has 2 aromatic carbocycles. The zero-order chi connectivity index (χ0) is 18.0. The highest BCUT2D eigenvalue weighted by atomic mass is 127. The molecule has 0 aliphatic carbocycles. The first kappa shape index (κ1) is 17.3. The third-order valence-corrected chi connectivity index (χ3v) is 4.92. The minimum absolute atomic E-state index is 0.187. The molecule has 0 radical (unpaired) electrons. The number of hydrazone groups is 1. The van der Waals surface area contributed by atoms with Gasteiger partial charge in [-0.3, -0.25) is 9.59 Å². The Hall–Kier alpha value is -2.48. The quantitative estimate of drug-likeness (QED) is 0.378. The Balaban J connectivity index is 1.81. The molecule has 1 amide bonds. The molecular formula is C19H15IN2O3. The van der Waals surface area contributed by atoms with Crippen molar-refractivity contribution in [2.45, 2.75) is 13.8 Å². The Bertz CT molecular complexity index is 1050. The zero-order valence-corrected chi connectivity index (χ0v) is 15.8. The van der Waals surface area contributed by atoms with E-state index in [1.165, 1.54) is 12.5 Å². The first-order valence-corrected chi connectivity index (χ1v) is 8.65. The van der Waals surface area contributed by atoms with Gasteiger partial charge in [0.25, 0.3) is 5.91 Å². The predicted molar refractivity (Wildman–Crippen MR) is 106 cm³/mol. The normalized spacial score (nSPS) is 11.2. The first-order valence-electron chi connectivity index (χ1n) is 7.57. The second-order valence-electron chi connectivity index (χ2n) is 5.68. The first-order chi connectivity index (χ1) is 12.0. The van der Waals surface area contributed by atoms with Crippen molar-refractivity contribution >= 4 is 45.7 Å². The summed E-state index contributed by atoms with van der Waals surface area (Å²) in [6, 6.07) is 10.8. The predicted octanol–water partition coefficient (Wildman–Crippen LogP) is 3.78. The van der Waals surface area contributed by atoms with Gasteiger partial charge in [0.15, 0.2) is 0 Å². The lowest BCUT2D eigenvalue weighted by Crippen LogP contribution is -2.18. The van der Waals surface area contributed by atoms with Crippen LogP contribution in [0.1, 0.15) is 27.0 Å². The van der Waals surface area contributed by atoms with Crippen LogP contribution >= 0.6 is 22.6 Å². The van der Waals surface area contributed by atoms with Crippen molar-refractivity contribution in [2.75, 3.05) is 0 Å². The van der Waals surface area contributed by atoms with Crippen LogP contribution in [0.4, 0.5) is 0 Å². The van der Waals surface area contributed by atoms with E-state index in [0.717, 1.165) is 14.7 Å². The highest BCUT2D eigenvalue weighted by Gasteiger charge is 2.07. The largest absolute Gasteiger partial charge is 0.463 e. The molecule has 0 saturated carbocycles. The number of halogens is 1. The van der Waals surface area contributed by atoms with Crippen LogP contribution in [0.5, 0.6) is 0 Å². The van der Waals surface area contributed by atoms with E-state index in [4.69, 9.17) is 4.42 Å². The standard InChI is InChI=1S/C19H15IN2O3/c1-11-3-6-17-15(7-11)18(23)14(10-25-17)9-21-22-19(24)13-5-4-12(2)16(20)8-13/h3-10H,1-2H3,(H,22,24)/b21-9+. The Morgan fingerprint density at radius 3 is 2.76 bits per heavy atom. The van der Waals surface area contributed by atoms with Gasteiger partial charge in [0.05, 0.1) is 17.2 Å². The molecule has 0 fully saturated rings. The van der Waals surface area contributed by atoms with Crippen molar-refractivity contribution < 1.29 is 9.21 Å². The molecule has 1 heterocycles. The molecule has 0 saturated heterocycles. The summed E-state index contributed by atoms with van der Waals surface area (Å²) in [5, 5.41) is 4.36. The minimum atomic E-state index is -0.338. The summed E-state index contributed by atoms with van der Waals surface area (Å²) in [4.78, 5) is 24.6. The Morgan fingerprint density at radius 1 is 1.20 bits per heavy atom. The zero-order valence-electron chi connectivity index (χ0n) is 13.7. The number of hydrogen-bond donors (Lipinski definition) is 1. The average Bonchev–Trinajstić information content (AvgIpc) is 2.59. The molecule has 3 aromatic rings. The molecule has 25 heavy (non-hydrogen) atoms. The van der Waals surface area contributed by atoms with Crippen LogP contribution in [-0.2, 0) is 0 Å². The summed E-state index contributed by atoms with van der Waals surface area (Å²) in [7, 11) is 0. The molecule has 0 aliphatic heterocycles. The molecule has 0 aliphatic rings. The maximum atomic E-state index is 12.4. The Labute approximate surface area is 157 Å². The summed E-state index contributed by atoms with van der Waals surface area (Å²) in [5.74, 6) is -0.338. The summed E-state index contributed by atoms with van der Waals surface area (Å²) < 4.78 is 6.44. The van der Waals surface area contributed by atoms with E-state index in [1.807, 2.05) is 26.0 Å². The van der Waals surface area contributed by atoms with Crippen LogP contribution in [-0.4, -0.2) is 12.1 Å². The van der Waals surface area contributed by atoms with E-state index < -0.39 is 0 Å². The molecular weight excluding hydrogens is 431 g/mol. The lowest BCUT2D eigenvalue weighted by Gasteiger charge is -2.03. The summed E-state index contributed by atoms with van der Waals surface area (Å²) in [5.41, 5.74) is 5.61. The van der Waals surface area contributed by atoms with Crippen LogP contribution in [0, 0.1) is 17.4 Å². The van der Waals surface area contributed by atoms with Gasteiger partial charge in [0.1, 0.15) is 11.8 Å². The number of carbonyl (C=O) groups excluding carboxylic acids is 1. The highest BCUT2D eigenvalue weighted by Crippen LogP contribution is 2.14. The molecule has 126 valence electrons. The molecule has 0 bridgehead atoms. The number of rotatable bonds is 3. The lowest BCUT2D eigenvalue weighted by atomic mass is 10.1. The second kappa shape index (κ2) is 7.18. The van der Waals surface area contributed by atoms with Gasteiger partial charge in [-0.25, -0.2) is 5.43 Å². The van der Waals surface area contributed by atoms with Gasteiger partial charge in [-0.2, -0.15) is 5.10 Å². The Morgan fingerprint density at radius 2 is 2.00 bits per heavy atom. The van der Waals surface area contributed by atoms with Crippen molar-refractivity contribution in [1.82, 2.24) is 5.43 Å². The van der Waals surface area contributed by atoms with Crippen LogP contribution in [0.3, 0.4) is 0 Å². The van der Waals surface area contributed by atoms with E-state index in [-0.39, 0.29) is 16.9 Å². The van der Waals surface area contributed by atoms with E-state index >= 15 is 0 Å². The van der Waals surface area contributed by atoms with Gasteiger partial charge >= 0.3 is 0 Å². The van der Waals surface area contributed by atoms with Crippen LogP contribution in [0.25, 0.3) is 11.0 Å². The van der Waals surface area contributed by atoms with Crippen molar-refractivity contribution in [3.63, 3.8) is 0 Å². The van der Waals surface area contributed by atoms with Crippen molar-refractivity contribution in [3.05, 3.63) is 78.7 Å². The number of hydrogen-bond acceptors (Lipinski definition) is 4. The van der Waals surface area contributed by atoms with Gasteiger partial charge in [0.2, 0.25) is 5.43 Å².